The number of rotatable bonds is 14. The average molecular weight is 794 g/mol. The van der Waals surface area contributed by atoms with Crippen LogP contribution in [-0.2, 0) is 9.53 Å². The van der Waals surface area contributed by atoms with Crippen molar-refractivity contribution in [1.82, 2.24) is 9.80 Å². The molecule has 0 spiro atoms. The molecule has 2 aliphatic heterocycles. The molecule has 1 atom stereocenters. The summed E-state index contributed by atoms with van der Waals surface area (Å²) in [4.78, 5) is 68.3. The van der Waals surface area contributed by atoms with Crippen molar-refractivity contribution in [3.05, 3.63) is 62.4 Å². The molecule has 4 rings (SSSR count). The van der Waals surface area contributed by atoms with Gasteiger partial charge in [-0.25, -0.2) is 4.79 Å². The van der Waals surface area contributed by atoms with Gasteiger partial charge in [0.15, 0.2) is 0 Å². The number of benzene rings is 2. The molecule has 0 bridgehead atoms. The normalized spacial score (nSPS) is 14.8. The van der Waals surface area contributed by atoms with Crippen LogP contribution in [0.3, 0.4) is 0 Å². The number of carbonyl (C=O) groups excluding carboxylic acids is 5. The Kier molecular flexibility index (Phi) is 12.8. The van der Waals surface area contributed by atoms with Gasteiger partial charge in [-0.05, 0) is 25.7 Å². The van der Waals surface area contributed by atoms with E-state index in [1.807, 2.05) is 0 Å². The molecule has 2 aromatic rings. The molecule has 0 N–H and O–H groups in total. The number of hydrogen-bond donors (Lipinski definition) is 0. The summed E-state index contributed by atoms with van der Waals surface area (Å²) in [7, 11) is 0. The van der Waals surface area contributed by atoms with Gasteiger partial charge in [0.1, 0.15) is 6.04 Å². The Morgan fingerprint density at radius 2 is 0.978 bits per heavy atom. The lowest BCUT2D eigenvalue weighted by Crippen LogP contribution is -2.46. The lowest BCUT2D eigenvalue weighted by Gasteiger charge is -2.25. The molecule has 0 saturated heterocycles. The molecule has 0 fully saturated rings. The first-order valence-electron chi connectivity index (χ1n) is 14.4. The summed E-state index contributed by atoms with van der Waals surface area (Å²) in [6, 6.07) is -1.37. The van der Waals surface area contributed by atoms with E-state index in [4.69, 9.17) is 97.5 Å². The Morgan fingerprint density at radius 1 is 0.565 bits per heavy atom. The number of halogens is 8. The van der Waals surface area contributed by atoms with Crippen molar-refractivity contribution < 1.29 is 28.7 Å². The number of unbranched alkanes of at least 4 members (excludes halogenated alkanes) is 6. The number of carbonyl (C=O) groups is 5. The second-order valence-electron chi connectivity index (χ2n) is 10.7. The lowest BCUT2D eigenvalue weighted by molar-refractivity contribution is -0.148. The van der Waals surface area contributed by atoms with Crippen molar-refractivity contribution >= 4 is 122 Å². The molecule has 2 aromatic carbocycles. The molecule has 0 radical (unpaired) electrons. The van der Waals surface area contributed by atoms with Gasteiger partial charge in [0.05, 0.1) is 69.0 Å². The molecule has 0 aromatic heterocycles. The zero-order chi connectivity index (χ0) is 34.0. The maximum atomic E-state index is 13.5. The smallest absolute Gasteiger partial charge is 0.329 e. The second-order valence-corrected chi connectivity index (χ2v) is 13.7. The molecular formula is C30H26Cl8N2O6. The Balaban J connectivity index is 1.50. The minimum atomic E-state index is -1.37. The largest absolute Gasteiger partial charge is 0.464 e. The van der Waals surface area contributed by atoms with Crippen LogP contribution < -0.4 is 0 Å². The molecular weight excluding hydrogens is 768 g/mol. The van der Waals surface area contributed by atoms with E-state index in [1.165, 1.54) is 0 Å². The van der Waals surface area contributed by atoms with Crippen LogP contribution >= 0.6 is 92.8 Å². The summed E-state index contributed by atoms with van der Waals surface area (Å²) >= 11 is 49.5. The molecule has 248 valence electrons. The van der Waals surface area contributed by atoms with Gasteiger partial charge in [0.2, 0.25) is 0 Å². The highest BCUT2D eigenvalue weighted by Crippen LogP contribution is 2.46. The topological polar surface area (TPSA) is 101 Å². The van der Waals surface area contributed by atoms with Crippen LogP contribution in [0, 0.1) is 0 Å². The standard InChI is InChI=1S/C30H26Cl8N2O6/c1-2-3-4-5-6-9-12-46-30(45)13(40-28(43)16-17(29(40)44)21(34)25(38)24(37)20(16)33)10-7-8-11-39-26(41)14-15(27(39)42)19(32)23(36)22(35)18(14)31/h13H,2-12H2,1H3. The van der Waals surface area contributed by atoms with E-state index in [-0.39, 0.29) is 94.8 Å². The fraction of sp³-hybridized carbons (Fsp3) is 0.433. The first-order chi connectivity index (χ1) is 21.8. The Bertz CT molecular complexity index is 1540. The van der Waals surface area contributed by atoms with Gasteiger partial charge in [0.25, 0.3) is 23.6 Å². The van der Waals surface area contributed by atoms with E-state index in [9.17, 15) is 24.0 Å². The first-order valence-corrected chi connectivity index (χ1v) is 17.4. The van der Waals surface area contributed by atoms with E-state index in [2.05, 4.69) is 6.92 Å². The van der Waals surface area contributed by atoms with Crippen LogP contribution in [0.1, 0.15) is 106 Å². The SMILES string of the molecule is CCCCCCCCOC(=O)C(CCCCN1C(=O)c2c(Cl)c(Cl)c(Cl)c(Cl)c2C1=O)N1C(=O)c2c(Cl)c(Cl)c(Cl)c(Cl)c2C1=O. The quantitative estimate of drug-likeness (QED) is 0.0621. The van der Waals surface area contributed by atoms with Crippen molar-refractivity contribution in [1.29, 1.82) is 0 Å². The molecule has 2 heterocycles. The molecule has 0 aliphatic carbocycles. The summed E-state index contributed by atoms with van der Waals surface area (Å²) in [5, 5.41) is -1.64. The van der Waals surface area contributed by atoms with Crippen LogP contribution in [0.5, 0.6) is 0 Å². The lowest BCUT2D eigenvalue weighted by atomic mass is 10.1. The van der Waals surface area contributed by atoms with Gasteiger partial charge in [0, 0.05) is 6.54 Å². The van der Waals surface area contributed by atoms with Crippen LogP contribution in [0.2, 0.25) is 40.2 Å². The van der Waals surface area contributed by atoms with E-state index >= 15 is 0 Å². The zero-order valence-corrected chi connectivity index (χ0v) is 30.3. The van der Waals surface area contributed by atoms with Gasteiger partial charge in [-0.3, -0.25) is 29.0 Å². The number of imide groups is 2. The highest BCUT2D eigenvalue weighted by atomic mass is 35.5. The zero-order valence-electron chi connectivity index (χ0n) is 24.2. The number of ether oxygens (including phenoxy) is 1. The van der Waals surface area contributed by atoms with Crippen LogP contribution in [0.15, 0.2) is 0 Å². The summed E-state index contributed by atoms with van der Waals surface area (Å²) in [6.07, 6.45) is 5.99. The minimum absolute atomic E-state index is 0.0696. The number of amides is 4. The highest BCUT2D eigenvalue weighted by molar-refractivity contribution is 6.56. The Hall–Kier alpha value is -1.49. The molecule has 2 aliphatic rings. The minimum Gasteiger partial charge on any atom is -0.464 e. The monoisotopic (exact) mass is 790 g/mol. The number of esters is 1. The molecule has 46 heavy (non-hydrogen) atoms. The van der Waals surface area contributed by atoms with Crippen molar-refractivity contribution in [2.45, 2.75) is 70.8 Å². The van der Waals surface area contributed by atoms with Gasteiger partial charge < -0.3 is 4.74 Å². The summed E-state index contributed by atoms with van der Waals surface area (Å²) in [5.41, 5.74) is -0.840. The molecule has 8 nitrogen and oxygen atoms in total. The van der Waals surface area contributed by atoms with E-state index in [0.29, 0.717) is 6.42 Å². The fourth-order valence-electron chi connectivity index (χ4n) is 5.36. The first kappa shape index (κ1) is 37.3. The van der Waals surface area contributed by atoms with Gasteiger partial charge in [-0.15, -0.1) is 0 Å². The average Bonchev–Trinajstić information content (AvgIpc) is 3.44. The van der Waals surface area contributed by atoms with E-state index < -0.39 is 35.6 Å². The summed E-state index contributed by atoms with van der Waals surface area (Å²) < 4.78 is 5.51. The maximum absolute atomic E-state index is 13.5. The molecule has 16 heteroatoms. The predicted molar refractivity (Wildman–Crippen MR) is 181 cm³/mol. The van der Waals surface area contributed by atoms with Crippen molar-refractivity contribution in [3.8, 4) is 0 Å². The van der Waals surface area contributed by atoms with Gasteiger partial charge in [-0.2, -0.15) is 0 Å². The van der Waals surface area contributed by atoms with Crippen molar-refractivity contribution in [3.63, 3.8) is 0 Å². The second kappa shape index (κ2) is 15.8. The summed E-state index contributed by atoms with van der Waals surface area (Å²) in [5.74, 6) is -4.00. The van der Waals surface area contributed by atoms with E-state index in [1.54, 1.807) is 0 Å². The number of nitrogens with zero attached hydrogens (tertiary/aromatic N) is 2. The maximum Gasteiger partial charge on any atom is 0.329 e. The third-order valence-electron chi connectivity index (χ3n) is 7.75. The van der Waals surface area contributed by atoms with Crippen LogP contribution in [0.25, 0.3) is 0 Å². The Labute approximate surface area is 305 Å². The third kappa shape index (κ3) is 6.97. The number of hydrogen-bond acceptors (Lipinski definition) is 6. The summed E-state index contributed by atoms with van der Waals surface area (Å²) in [6.45, 7) is 2.10. The highest BCUT2D eigenvalue weighted by Gasteiger charge is 2.47. The molecule has 1 unspecified atom stereocenters. The molecule has 4 amide bonds. The van der Waals surface area contributed by atoms with Gasteiger partial charge >= 0.3 is 5.97 Å². The Morgan fingerprint density at radius 3 is 1.43 bits per heavy atom. The van der Waals surface area contributed by atoms with Crippen LogP contribution in [0.4, 0.5) is 0 Å². The van der Waals surface area contributed by atoms with E-state index in [0.717, 1.165) is 41.9 Å². The van der Waals surface area contributed by atoms with Gasteiger partial charge in [-0.1, -0.05) is 132 Å². The third-order valence-corrected chi connectivity index (χ3v) is 11.4. The van der Waals surface area contributed by atoms with Crippen LogP contribution in [-0.4, -0.2) is 58.6 Å². The molecule has 0 saturated carbocycles. The fourth-order valence-corrected chi connectivity index (χ4v) is 7.39. The van der Waals surface area contributed by atoms with Crippen molar-refractivity contribution in [2.75, 3.05) is 13.2 Å². The predicted octanol–water partition coefficient (Wildman–Crippen LogP) is 10.2. The van der Waals surface area contributed by atoms with Crippen molar-refractivity contribution in [2.24, 2.45) is 0 Å². The number of fused-ring (bicyclic) bond motifs is 2.